The number of anilines is 1. The van der Waals surface area contributed by atoms with Crippen LogP contribution in [0, 0.1) is 11.3 Å². The number of nitrogens with zero attached hydrogens (tertiary/aromatic N) is 2. The number of benzene rings is 1. The summed E-state index contributed by atoms with van der Waals surface area (Å²) in [5.74, 6) is 0. The highest BCUT2D eigenvalue weighted by molar-refractivity contribution is 5.65. The SMILES string of the molecule is CC/C=C(NC1CC(O)COC1O)\C(C#N)=C\c1ccc(N2CCCCC2)cc1. The number of rotatable bonds is 6. The molecule has 1 aromatic carbocycles. The third-order valence-electron chi connectivity index (χ3n) is 5.41. The molecule has 3 N–H and O–H groups in total. The predicted octanol–water partition coefficient (Wildman–Crippen LogP) is 2.94. The van der Waals surface area contributed by atoms with Gasteiger partial charge < -0.3 is 25.2 Å². The van der Waals surface area contributed by atoms with Crippen molar-refractivity contribution in [1.29, 1.82) is 5.26 Å². The van der Waals surface area contributed by atoms with E-state index in [9.17, 15) is 15.5 Å². The van der Waals surface area contributed by atoms with E-state index in [1.54, 1.807) is 0 Å². The van der Waals surface area contributed by atoms with Crippen LogP contribution in [0.15, 0.2) is 41.6 Å². The van der Waals surface area contributed by atoms with E-state index in [2.05, 4.69) is 28.4 Å². The molecule has 2 aliphatic heterocycles. The summed E-state index contributed by atoms with van der Waals surface area (Å²) in [6, 6.07) is 10.1. The van der Waals surface area contributed by atoms with Gasteiger partial charge in [-0.1, -0.05) is 25.1 Å². The Morgan fingerprint density at radius 1 is 1.24 bits per heavy atom. The van der Waals surface area contributed by atoms with Crippen LogP contribution in [0.3, 0.4) is 0 Å². The van der Waals surface area contributed by atoms with Crippen molar-refractivity contribution >= 4 is 11.8 Å². The molecule has 6 heteroatoms. The van der Waals surface area contributed by atoms with Crippen LogP contribution in [0.5, 0.6) is 0 Å². The molecule has 156 valence electrons. The van der Waals surface area contributed by atoms with Crippen molar-refractivity contribution in [2.45, 2.75) is 57.5 Å². The first kappa shape index (κ1) is 21.4. The molecular formula is C23H31N3O3. The van der Waals surface area contributed by atoms with Crippen LogP contribution in [0.2, 0.25) is 0 Å². The lowest BCUT2D eigenvalue weighted by Gasteiger charge is -2.32. The molecule has 1 aromatic rings. The van der Waals surface area contributed by atoms with Crippen molar-refractivity contribution in [3.63, 3.8) is 0 Å². The van der Waals surface area contributed by atoms with Crippen LogP contribution in [0.4, 0.5) is 5.69 Å². The van der Waals surface area contributed by atoms with Crippen molar-refractivity contribution in [3.8, 4) is 6.07 Å². The third kappa shape index (κ3) is 5.83. The highest BCUT2D eigenvalue weighted by Crippen LogP contribution is 2.23. The molecule has 0 aliphatic carbocycles. The first-order chi connectivity index (χ1) is 14.1. The van der Waals surface area contributed by atoms with Crippen LogP contribution >= 0.6 is 0 Å². The lowest BCUT2D eigenvalue weighted by atomic mass is 10.0. The Bertz CT molecular complexity index is 761. The Morgan fingerprint density at radius 3 is 2.62 bits per heavy atom. The maximum atomic E-state index is 10.1. The minimum Gasteiger partial charge on any atom is -0.391 e. The van der Waals surface area contributed by atoms with Gasteiger partial charge in [-0.3, -0.25) is 0 Å². The number of hydrogen-bond donors (Lipinski definition) is 3. The van der Waals surface area contributed by atoms with Gasteiger partial charge >= 0.3 is 0 Å². The standard InChI is InChI=1S/C23H31N3O3/c1-2-6-21(25-22-14-20(27)16-29-23(22)28)18(15-24)13-17-7-9-19(10-8-17)26-11-4-3-5-12-26/h6-10,13,20,22-23,25,27-28H,2-5,11-12,14,16H2,1H3/b18-13+,21-6+. The summed E-state index contributed by atoms with van der Waals surface area (Å²) in [7, 11) is 0. The molecule has 2 saturated heterocycles. The van der Waals surface area contributed by atoms with E-state index >= 15 is 0 Å². The number of nitriles is 1. The molecule has 0 aromatic heterocycles. The smallest absolute Gasteiger partial charge is 0.175 e. The number of aliphatic hydroxyl groups excluding tert-OH is 2. The van der Waals surface area contributed by atoms with Crippen molar-refractivity contribution in [1.82, 2.24) is 5.32 Å². The molecule has 2 fully saturated rings. The van der Waals surface area contributed by atoms with Crippen molar-refractivity contribution < 1.29 is 14.9 Å². The minimum atomic E-state index is -1.01. The Kier molecular flexibility index (Phi) is 7.70. The maximum absolute atomic E-state index is 10.1. The Balaban J connectivity index is 1.75. The van der Waals surface area contributed by atoms with Gasteiger partial charge in [0, 0.05) is 30.9 Å². The zero-order chi connectivity index (χ0) is 20.6. The van der Waals surface area contributed by atoms with Crippen molar-refractivity contribution in [3.05, 3.63) is 47.2 Å². The average Bonchev–Trinajstić information content (AvgIpc) is 2.75. The van der Waals surface area contributed by atoms with Gasteiger partial charge in [-0.25, -0.2) is 0 Å². The molecule has 2 aliphatic rings. The second kappa shape index (κ2) is 10.4. The molecule has 0 spiro atoms. The number of piperidine rings is 1. The Labute approximate surface area is 173 Å². The first-order valence-electron chi connectivity index (χ1n) is 10.5. The van der Waals surface area contributed by atoms with Crippen LogP contribution in [0.25, 0.3) is 6.08 Å². The zero-order valence-electron chi connectivity index (χ0n) is 17.1. The Hall–Kier alpha value is -2.33. The van der Waals surface area contributed by atoms with E-state index in [1.807, 2.05) is 31.2 Å². The second-order valence-corrected chi connectivity index (χ2v) is 7.70. The lowest BCUT2D eigenvalue weighted by molar-refractivity contribution is -0.171. The van der Waals surface area contributed by atoms with E-state index < -0.39 is 18.4 Å². The molecular weight excluding hydrogens is 366 g/mol. The number of aliphatic hydroxyl groups is 2. The highest BCUT2D eigenvalue weighted by Gasteiger charge is 2.29. The van der Waals surface area contributed by atoms with Crippen molar-refractivity contribution in [2.75, 3.05) is 24.6 Å². The molecule has 0 amide bonds. The summed E-state index contributed by atoms with van der Waals surface area (Å²) in [4.78, 5) is 2.40. The second-order valence-electron chi connectivity index (χ2n) is 7.70. The molecule has 0 radical (unpaired) electrons. The molecule has 6 nitrogen and oxygen atoms in total. The molecule has 0 bridgehead atoms. The fraction of sp³-hybridized carbons (Fsp3) is 0.522. The monoisotopic (exact) mass is 397 g/mol. The molecule has 0 saturated carbocycles. The molecule has 29 heavy (non-hydrogen) atoms. The van der Waals surface area contributed by atoms with Gasteiger partial charge in [0.1, 0.15) is 6.07 Å². The summed E-state index contributed by atoms with van der Waals surface area (Å²) < 4.78 is 5.19. The van der Waals surface area contributed by atoms with Gasteiger partial charge in [-0.2, -0.15) is 5.26 Å². The highest BCUT2D eigenvalue weighted by atomic mass is 16.6. The van der Waals surface area contributed by atoms with Gasteiger partial charge in [-0.05, 0) is 49.5 Å². The summed E-state index contributed by atoms with van der Waals surface area (Å²) in [6.45, 7) is 4.32. The molecule has 3 atom stereocenters. The Morgan fingerprint density at radius 2 is 1.97 bits per heavy atom. The number of allylic oxidation sites excluding steroid dienone is 2. The van der Waals surface area contributed by atoms with Crippen LogP contribution in [-0.4, -0.2) is 48.3 Å². The fourth-order valence-corrected chi connectivity index (χ4v) is 3.85. The summed E-state index contributed by atoms with van der Waals surface area (Å²) >= 11 is 0. The van der Waals surface area contributed by atoms with Crippen LogP contribution in [0.1, 0.15) is 44.6 Å². The van der Waals surface area contributed by atoms with E-state index in [0.717, 1.165) is 25.1 Å². The normalized spacial score (nSPS) is 26.1. The maximum Gasteiger partial charge on any atom is 0.175 e. The molecule has 3 rings (SSSR count). The largest absolute Gasteiger partial charge is 0.391 e. The molecule has 3 unspecified atom stereocenters. The zero-order valence-corrected chi connectivity index (χ0v) is 17.1. The van der Waals surface area contributed by atoms with E-state index in [0.29, 0.717) is 17.7 Å². The number of hydrogen-bond acceptors (Lipinski definition) is 6. The average molecular weight is 398 g/mol. The predicted molar refractivity (Wildman–Crippen MR) is 114 cm³/mol. The van der Waals surface area contributed by atoms with Crippen LogP contribution in [-0.2, 0) is 4.74 Å². The number of nitrogens with one attached hydrogen (secondary N) is 1. The van der Waals surface area contributed by atoms with Gasteiger partial charge in [0.05, 0.1) is 24.3 Å². The summed E-state index contributed by atoms with van der Waals surface area (Å²) in [5.41, 5.74) is 3.31. The van der Waals surface area contributed by atoms with Gasteiger partial charge in [-0.15, -0.1) is 0 Å². The minimum absolute atomic E-state index is 0.122. The fourth-order valence-electron chi connectivity index (χ4n) is 3.85. The van der Waals surface area contributed by atoms with Gasteiger partial charge in [0.15, 0.2) is 6.29 Å². The van der Waals surface area contributed by atoms with Gasteiger partial charge in [0.25, 0.3) is 0 Å². The molecule has 2 heterocycles. The summed E-state index contributed by atoms with van der Waals surface area (Å²) in [5, 5.41) is 32.8. The van der Waals surface area contributed by atoms with E-state index in [4.69, 9.17) is 4.74 Å². The van der Waals surface area contributed by atoms with Crippen LogP contribution < -0.4 is 10.2 Å². The number of ether oxygens (including phenoxy) is 1. The lowest BCUT2D eigenvalue weighted by Crippen LogP contribution is -2.48. The quantitative estimate of drug-likeness (QED) is 0.505. The van der Waals surface area contributed by atoms with E-state index in [-0.39, 0.29) is 6.61 Å². The van der Waals surface area contributed by atoms with E-state index in [1.165, 1.54) is 24.9 Å². The topological polar surface area (TPSA) is 88.7 Å². The first-order valence-corrected chi connectivity index (χ1v) is 10.5. The third-order valence-corrected chi connectivity index (χ3v) is 5.41. The van der Waals surface area contributed by atoms with Gasteiger partial charge in [0.2, 0.25) is 0 Å². The summed E-state index contributed by atoms with van der Waals surface area (Å²) in [6.07, 6.45) is 7.02. The van der Waals surface area contributed by atoms with Crippen molar-refractivity contribution in [2.24, 2.45) is 0 Å².